The van der Waals surface area contributed by atoms with E-state index < -0.39 is 5.54 Å². The first kappa shape index (κ1) is 14.5. The Hall–Kier alpha value is -0.610. The fourth-order valence-corrected chi connectivity index (χ4v) is 1.78. The summed E-state index contributed by atoms with van der Waals surface area (Å²) in [5.41, 5.74) is -0.793. The van der Waals surface area contributed by atoms with Crippen LogP contribution in [0.1, 0.15) is 41.0 Å². The minimum absolute atomic E-state index is 0.0286. The summed E-state index contributed by atoms with van der Waals surface area (Å²) in [6, 6.07) is 0. The molecule has 1 saturated heterocycles. The van der Waals surface area contributed by atoms with Crippen LogP contribution in [0, 0.1) is 11.3 Å². The van der Waals surface area contributed by atoms with Crippen molar-refractivity contribution in [2.24, 2.45) is 11.3 Å². The van der Waals surface area contributed by atoms with Crippen molar-refractivity contribution < 1.29 is 14.6 Å². The third-order valence-corrected chi connectivity index (χ3v) is 4.09. The lowest BCUT2D eigenvalue weighted by molar-refractivity contribution is -0.128. The summed E-state index contributed by atoms with van der Waals surface area (Å²) in [5, 5.41) is 12.4. The van der Waals surface area contributed by atoms with Gasteiger partial charge in [0.15, 0.2) is 0 Å². The van der Waals surface area contributed by atoms with Gasteiger partial charge in [-0.15, -0.1) is 0 Å². The van der Waals surface area contributed by atoms with Crippen molar-refractivity contribution in [3.63, 3.8) is 0 Å². The largest absolute Gasteiger partial charge is 0.396 e. The third kappa shape index (κ3) is 3.19. The van der Waals surface area contributed by atoms with E-state index in [4.69, 9.17) is 4.74 Å². The number of rotatable bonds is 4. The minimum Gasteiger partial charge on any atom is -0.396 e. The third-order valence-electron chi connectivity index (χ3n) is 4.09. The number of hydrogen-bond donors (Lipinski definition) is 2. The molecule has 2 N–H and O–H groups in total. The average molecular weight is 243 g/mol. The molecule has 0 aliphatic carbocycles. The maximum atomic E-state index is 12.1. The van der Waals surface area contributed by atoms with Crippen LogP contribution in [0.3, 0.4) is 0 Å². The second-order valence-electron chi connectivity index (χ2n) is 6.23. The number of ether oxygens (including phenoxy) is 1. The highest BCUT2D eigenvalue weighted by Crippen LogP contribution is 2.30. The van der Waals surface area contributed by atoms with E-state index in [1.54, 1.807) is 0 Å². The molecule has 1 aliphatic rings. The van der Waals surface area contributed by atoms with Gasteiger partial charge in [-0.05, 0) is 27.2 Å². The Morgan fingerprint density at radius 3 is 2.41 bits per heavy atom. The predicted octanol–water partition coefficient (Wildman–Crippen LogP) is 1.32. The number of carbonyl (C=O) groups is 1. The lowest BCUT2D eigenvalue weighted by Gasteiger charge is -2.41. The lowest BCUT2D eigenvalue weighted by atomic mass is 9.75. The van der Waals surface area contributed by atoms with Crippen molar-refractivity contribution in [1.29, 1.82) is 0 Å². The molecule has 1 heterocycles. The standard InChI is InChI=1S/C13H25NO3/c1-9-6-10(7-17-9)11(16)14-13(4,5)12(2,3)8-15/h9-10,15H,6-8H2,1-5H3,(H,14,16). The van der Waals surface area contributed by atoms with Crippen molar-refractivity contribution in [3.05, 3.63) is 0 Å². The van der Waals surface area contributed by atoms with Crippen molar-refractivity contribution in [1.82, 2.24) is 5.32 Å². The Morgan fingerprint density at radius 2 is 2.00 bits per heavy atom. The van der Waals surface area contributed by atoms with Crippen molar-refractivity contribution in [3.8, 4) is 0 Å². The molecule has 0 bridgehead atoms. The van der Waals surface area contributed by atoms with Gasteiger partial charge in [0.05, 0.1) is 25.2 Å². The van der Waals surface area contributed by atoms with Crippen molar-refractivity contribution >= 4 is 5.91 Å². The van der Waals surface area contributed by atoms with Crippen molar-refractivity contribution in [2.75, 3.05) is 13.2 Å². The highest BCUT2D eigenvalue weighted by Gasteiger charge is 2.40. The van der Waals surface area contributed by atoms with Crippen LogP contribution in [0.2, 0.25) is 0 Å². The molecule has 0 saturated carbocycles. The van der Waals surface area contributed by atoms with Crippen LogP contribution in [-0.2, 0) is 9.53 Å². The van der Waals surface area contributed by atoms with E-state index in [0.29, 0.717) is 6.61 Å². The van der Waals surface area contributed by atoms with Gasteiger partial charge < -0.3 is 15.2 Å². The Labute approximate surface area is 104 Å². The molecule has 4 heteroatoms. The smallest absolute Gasteiger partial charge is 0.225 e. The lowest BCUT2D eigenvalue weighted by Crippen LogP contribution is -2.56. The number of aliphatic hydroxyl groups is 1. The van der Waals surface area contributed by atoms with Gasteiger partial charge in [0, 0.05) is 11.0 Å². The van der Waals surface area contributed by atoms with Crippen LogP contribution in [0.5, 0.6) is 0 Å². The van der Waals surface area contributed by atoms with E-state index >= 15 is 0 Å². The number of nitrogens with one attached hydrogen (secondary N) is 1. The zero-order valence-corrected chi connectivity index (χ0v) is 11.5. The molecule has 0 aromatic carbocycles. The number of aliphatic hydroxyl groups excluding tert-OH is 1. The molecular weight excluding hydrogens is 218 g/mol. The summed E-state index contributed by atoms with van der Waals surface area (Å²) in [5.74, 6) is -0.0281. The van der Waals surface area contributed by atoms with Gasteiger partial charge in [-0.3, -0.25) is 4.79 Å². The summed E-state index contributed by atoms with van der Waals surface area (Å²) >= 11 is 0. The van der Waals surface area contributed by atoms with Gasteiger partial charge >= 0.3 is 0 Å². The van der Waals surface area contributed by atoms with Crippen LogP contribution >= 0.6 is 0 Å². The second-order valence-corrected chi connectivity index (χ2v) is 6.23. The molecule has 2 unspecified atom stereocenters. The molecule has 0 aromatic rings. The first-order valence-electron chi connectivity index (χ1n) is 6.24. The van der Waals surface area contributed by atoms with Crippen LogP contribution in [0.4, 0.5) is 0 Å². The Balaban J connectivity index is 2.62. The minimum atomic E-state index is -0.440. The van der Waals surface area contributed by atoms with E-state index in [1.807, 2.05) is 34.6 Å². The first-order chi connectivity index (χ1) is 7.69. The van der Waals surface area contributed by atoms with Crippen molar-refractivity contribution in [2.45, 2.75) is 52.7 Å². The number of hydrogen-bond acceptors (Lipinski definition) is 3. The van der Waals surface area contributed by atoms with Gasteiger partial charge in [0.2, 0.25) is 5.91 Å². The highest BCUT2D eigenvalue weighted by molar-refractivity contribution is 5.79. The highest BCUT2D eigenvalue weighted by atomic mass is 16.5. The Morgan fingerprint density at radius 1 is 1.41 bits per heavy atom. The monoisotopic (exact) mass is 243 g/mol. The van der Waals surface area contributed by atoms with E-state index in [2.05, 4.69) is 5.32 Å². The van der Waals surface area contributed by atoms with Gasteiger partial charge in [-0.2, -0.15) is 0 Å². The molecule has 100 valence electrons. The van der Waals surface area contributed by atoms with E-state index in [0.717, 1.165) is 6.42 Å². The summed E-state index contributed by atoms with van der Waals surface area (Å²) in [6.45, 7) is 10.3. The Kier molecular flexibility index (Phi) is 4.20. The van der Waals surface area contributed by atoms with E-state index in [9.17, 15) is 9.90 Å². The number of carbonyl (C=O) groups excluding carboxylic acids is 1. The van der Waals surface area contributed by atoms with Crippen LogP contribution in [-0.4, -0.2) is 35.9 Å². The first-order valence-corrected chi connectivity index (χ1v) is 6.24. The van der Waals surface area contributed by atoms with Gasteiger partial charge in [0.25, 0.3) is 0 Å². The maximum Gasteiger partial charge on any atom is 0.225 e. The SMILES string of the molecule is CC1CC(C(=O)NC(C)(C)C(C)(C)CO)CO1. The molecule has 17 heavy (non-hydrogen) atoms. The topological polar surface area (TPSA) is 58.6 Å². The van der Waals surface area contributed by atoms with Crippen LogP contribution in [0.15, 0.2) is 0 Å². The molecular formula is C13H25NO3. The van der Waals surface area contributed by atoms with Gasteiger partial charge in [-0.25, -0.2) is 0 Å². The molecule has 0 aromatic heterocycles. The molecule has 2 atom stereocenters. The normalized spacial score (nSPS) is 26.0. The fraction of sp³-hybridized carbons (Fsp3) is 0.923. The maximum absolute atomic E-state index is 12.1. The zero-order valence-electron chi connectivity index (χ0n) is 11.5. The van der Waals surface area contributed by atoms with Gasteiger partial charge in [0.1, 0.15) is 0 Å². The molecule has 1 aliphatic heterocycles. The molecule has 0 spiro atoms. The Bertz CT molecular complexity index is 286. The predicted molar refractivity (Wildman–Crippen MR) is 66.6 cm³/mol. The van der Waals surface area contributed by atoms with E-state index in [-0.39, 0.29) is 30.0 Å². The average Bonchev–Trinajstić information content (AvgIpc) is 2.64. The molecule has 1 amide bonds. The summed E-state index contributed by atoms with van der Waals surface area (Å²) in [7, 11) is 0. The van der Waals surface area contributed by atoms with Crippen LogP contribution in [0.25, 0.3) is 0 Å². The fourth-order valence-electron chi connectivity index (χ4n) is 1.78. The zero-order chi connectivity index (χ0) is 13.3. The summed E-state index contributed by atoms with van der Waals surface area (Å²) in [4.78, 5) is 12.1. The van der Waals surface area contributed by atoms with Crippen LogP contribution < -0.4 is 5.32 Å². The molecule has 0 radical (unpaired) electrons. The second kappa shape index (κ2) is 4.94. The quantitative estimate of drug-likeness (QED) is 0.783. The molecule has 1 fully saturated rings. The summed E-state index contributed by atoms with van der Waals surface area (Å²) < 4.78 is 5.40. The molecule has 1 rings (SSSR count). The van der Waals surface area contributed by atoms with E-state index in [1.165, 1.54) is 0 Å². The molecule has 4 nitrogen and oxygen atoms in total. The summed E-state index contributed by atoms with van der Waals surface area (Å²) in [6.07, 6.45) is 0.946. The number of amides is 1. The van der Waals surface area contributed by atoms with Gasteiger partial charge in [-0.1, -0.05) is 13.8 Å².